The molecule has 9 nitrogen and oxygen atoms in total. The standard InChI is InChI=1S/C23H22N2O7/c1-4-9-5-6-13(26)15-11(9)7-10-8-12-17(25(2)3)19(28)16(22(24)31)21(30)23(12,32)20(29)14(10)18(15)27/h1,5-6,10,12,17,26-27,30,32H,7-8H2,2-3H3,(H2,24,31)/t10?,12?,17-,23-/m0/s1. The van der Waals surface area contributed by atoms with Crippen LogP contribution in [0.15, 0.2) is 29.0 Å². The number of aliphatic hydroxyl groups is 3. The summed E-state index contributed by atoms with van der Waals surface area (Å²) >= 11 is 0. The van der Waals surface area contributed by atoms with E-state index in [0.717, 1.165) is 0 Å². The van der Waals surface area contributed by atoms with Crippen LogP contribution in [0.1, 0.15) is 23.1 Å². The molecule has 1 saturated carbocycles. The number of primary amides is 1. The molecule has 2 unspecified atom stereocenters. The number of nitrogens with zero attached hydrogens (tertiary/aromatic N) is 1. The predicted molar refractivity (Wildman–Crippen MR) is 112 cm³/mol. The van der Waals surface area contributed by atoms with Crippen LogP contribution < -0.4 is 5.73 Å². The minimum atomic E-state index is -2.65. The van der Waals surface area contributed by atoms with Crippen LogP contribution in [0.5, 0.6) is 5.75 Å². The average molecular weight is 438 g/mol. The van der Waals surface area contributed by atoms with Crippen molar-refractivity contribution in [2.45, 2.75) is 24.5 Å². The molecule has 3 aliphatic carbocycles. The normalized spacial score (nSPS) is 29.4. The molecule has 4 atom stereocenters. The van der Waals surface area contributed by atoms with Gasteiger partial charge in [0.2, 0.25) is 5.78 Å². The summed E-state index contributed by atoms with van der Waals surface area (Å²) in [4.78, 5) is 39.9. The Hall–Kier alpha value is -3.61. The van der Waals surface area contributed by atoms with Crippen LogP contribution in [0.25, 0.3) is 5.76 Å². The fourth-order valence-corrected chi connectivity index (χ4v) is 5.38. The maximum atomic E-state index is 13.6. The summed E-state index contributed by atoms with van der Waals surface area (Å²) in [5.41, 5.74) is 2.46. The topological polar surface area (TPSA) is 161 Å². The van der Waals surface area contributed by atoms with Crippen molar-refractivity contribution in [3.8, 4) is 18.1 Å². The van der Waals surface area contributed by atoms with Crippen molar-refractivity contribution in [3.05, 3.63) is 45.7 Å². The Labute approximate surface area is 183 Å². The van der Waals surface area contributed by atoms with Crippen LogP contribution in [-0.2, 0) is 20.8 Å². The van der Waals surface area contributed by atoms with Crippen molar-refractivity contribution >= 4 is 23.2 Å². The number of ketones is 2. The van der Waals surface area contributed by atoms with Crippen LogP contribution in [0.3, 0.4) is 0 Å². The minimum absolute atomic E-state index is 0.0169. The lowest BCUT2D eigenvalue weighted by Gasteiger charge is -2.50. The molecule has 0 heterocycles. The van der Waals surface area contributed by atoms with Gasteiger partial charge in [-0.3, -0.25) is 19.3 Å². The molecule has 32 heavy (non-hydrogen) atoms. The number of carbonyl (C=O) groups excluding carboxylic acids is 3. The monoisotopic (exact) mass is 438 g/mol. The smallest absolute Gasteiger partial charge is 0.255 e. The number of phenolic OH excluding ortho intramolecular Hbond substituents is 1. The number of benzene rings is 1. The van der Waals surface area contributed by atoms with Gasteiger partial charge in [0.25, 0.3) is 5.91 Å². The third kappa shape index (κ3) is 2.57. The van der Waals surface area contributed by atoms with E-state index in [1.54, 1.807) is 14.1 Å². The zero-order chi connectivity index (χ0) is 23.7. The third-order valence-electron chi connectivity index (χ3n) is 6.76. The van der Waals surface area contributed by atoms with Gasteiger partial charge in [0.05, 0.1) is 11.6 Å². The number of hydrogen-bond donors (Lipinski definition) is 5. The first-order valence-corrected chi connectivity index (χ1v) is 9.93. The molecule has 166 valence electrons. The number of rotatable bonds is 2. The van der Waals surface area contributed by atoms with E-state index in [1.807, 2.05) is 0 Å². The highest BCUT2D eigenvalue weighted by molar-refractivity contribution is 6.24. The van der Waals surface area contributed by atoms with Crippen molar-refractivity contribution in [1.29, 1.82) is 0 Å². The molecular weight excluding hydrogens is 416 g/mol. The van der Waals surface area contributed by atoms with Crippen molar-refractivity contribution in [3.63, 3.8) is 0 Å². The summed E-state index contributed by atoms with van der Waals surface area (Å²) in [7, 11) is 3.09. The zero-order valence-corrected chi connectivity index (χ0v) is 17.4. The van der Waals surface area contributed by atoms with Gasteiger partial charge in [-0.15, -0.1) is 6.42 Å². The molecular formula is C23H22N2O7. The molecule has 0 bridgehead atoms. The summed E-state index contributed by atoms with van der Waals surface area (Å²) < 4.78 is 0. The van der Waals surface area contributed by atoms with Gasteiger partial charge in [0, 0.05) is 17.1 Å². The van der Waals surface area contributed by atoms with E-state index in [2.05, 4.69) is 5.92 Å². The van der Waals surface area contributed by atoms with Gasteiger partial charge in [-0.25, -0.2) is 0 Å². The Bertz CT molecular complexity index is 1200. The van der Waals surface area contributed by atoms with Crippen molar-refractivity contribution in [2.24, 2.45) is 17.6 Å². The van der Waals surface area contributed by atoms with Gasteiger partial charge in [0.15, 0.2) is 11.4 Å². The van der Waals surface area contributed by atoms with Crippen LogP contribution in [0.4, 0.5) is 0 Å². The Balaban J connectivity index is 2.00. The highest BCUT2D eigenvalue weighted by Gasteiger charge is 2.64. The van der Waals surface area contributed by atoms with Crippen molar-refractivity contribution in [1.82, 2.24) is 4.90 Å². The number of likely N-dealkylation sites (N-methyl/N-ethyl adjacent to an activating group) is 1. The summed E-state index contributed by atoms with van der Waals surface area (Å²) in [6.45, 7) is 0. The van der Waals surface area contributed by atoms with Gasteiger partial charge in [-0.05, 0) is 50.6 Å². The summed E-state index contributed by atoms with van der Waals surface area (Å²) in [5.74, 6) is -4.37. The fourth-order valence-electron chi connectivity index (χ4n) is 5.38. The Morgan fingerprint density at radius 1 is 1.25 bits per heavy atom. The first-order valence-electron chi connectivity index (χ1n) is 9.93. The van der Waals surface area contributed by atoms with E-state index in [9.17, 15) is 34.8 Å². The second-order valence-corrected chi connectivity index (χ2v) is 8.59. The number of nitrogens with two attached hydrogens (primary N) is 1. The number of aliphatic hydroxyl groups excluding tert-OH is 2. The van der Waals surface area contributed by atoms with Gasteiger partial charge in [-0.1, -0.05) is 5.92 Å². The molecule has 0 spiro atoms. The number of hydrogen-bond acceptors (Lipinski definition) is 8. The van der Waals surface area contributed by atoms with Gasteiger partial charge >= 0.3 is 0 Å². The van der Waals surface area contributed by atoms with Crippen molar-refractivity contribution < 1.29 is 34.8 Å². The molecule has 9 heteroatoms. The van der Waals surface area contributed by atoms with E-state index >= 15 is 0 Å². The molecule has 0 aromatic heterocycles. The molecule has 3 aliphatic rings. The van der Waals surface area contributed by atoms with E-state index in [0.29, 0.717) is 11.1 Å². The van der Waals surface area contributed by atoms with Gasteiger partial charge in [0.1, 0.15) is 22.8 Å². The molecule has 4 rings (SSSR count). The van der Waals surface area contributed by atoms with Crippen LogP contribution in [-0.4, -0.2) is 68.5 Å². The quantitative estimate of drug-likeness (QED) is 0.317. The molecule has 6 N–H and O–H groups in total. The lowest BCUT2D eigenvalue weighted by atomic mass is 9.57. The number of aromatic hydroxyl groups is 1. The number of carbonyl (C=O) groups is 3. The molecule has 1 aromatic carbocycles. The van der Waals surface area contributed by atoms with E-state index in [4.69, 9.17) is 12.2 Å². The fraction of sp³-hybridized carbons (Fsp3) is 0.348. The first kappa shape index (κ1) is 21.6. The predicted octanol–water partition coefficient (Wildman–Crippen LogP) is -0.0547. The van der Waals surface area contributed by atoms with Crippen molar-refractivity contribution in [2.75, 3.05) is 14.1 Å². The molecule has 0 aliphatic heterocycles. The number of amides is 1. The van der Waals surface area contributed by atoms with Gasteiger partial charge in [-0.2, -0.15) is 0 Å². The number of terminal acetylenes is 1. The summed E-state index contributed by atoms with van der Waals surface area (Å²) in [6, 6.07) is 1.69. The SMILES string of the molecule is C#Cc1ccc(O)c2c1CC1CC3[C@H](N(C)C)C(=O)C(C(N)=O)=C(O)[C@@]3(O)C(=O)C1=C2O. The van der Waals surface area contributed by atoms with Crippen LogP contribution in [0, 0.1) is 24.2 Å². The van der Waals surface area contributed by atoms with Crippen LogP contribution >= 0.6 is 0 Å². The maximum Gasteiger partial charge on any atom is 0.255 e. The minimum Gasteiger partial charge on any atom is -0.508 e. The lowest BCUT2D eigenvalue weighted by Crippen LogP contribution is -2.65. The Morgan fingerprint density at radius 2 is 1.91 bits per heavy atom. The lowest BCUT2D eigenvalue weighted by molar-refractivity contribution is -0.153. The first-order chi connectivity index (χ1) is 15.0. The van der Waals surface area contributed by atoms with Gasteiger partial charge < -0.3 is 26.2 Å². The second kappa shape index (κ2) is 6.95. The average Bonchev–Trinajstić information content (AvgIpc) is 2.70. The Morgan fingerprint density at radius 3 is 2.47 bits per heavy atom. The second-order valence-electron chi connectivity index (χ2n) is 8.59. The molecule has 1 aromatic rings. The maximum absolute atomic E-state index is 13.6. The molecule has 0 radical (unpaired) electrons. The molecule has 0 saturated heterocycles. The van der Waals surface area contributed by atoms with E-state index < -0.39 is 58.0 Å². The highest BCUT2D eigenvalue weighted by atomic mass is 16.3. The summed E-state index contributed by atoms with van der Waals surface area (Å²) in [6.07, 6.45) is 5.75. The highest BCUT2D eigenvalue weighted by Crippen LogP contribution is 2.52. The number of Topliss-reactive ketones (excluding diaryl/α,β-unsaturated/α-hetero) is 2. The molecule has 1 amide bonds. The van der Waals surface area contributed by atoms with Crippen LogP contribution in [0.2, 0.25) is 0 Å². The molecule has 1 fully saturated rings. The Kier molecular flexibility index (Phi) is 4.69. The largest absolute Gasteiger partial charge is 0.508 e. The summed E-state index contributed by atoms with van der Waals surface area (Å²) in [5, 5.41) is 43.5. The zero-order valence-electron chi connectivity index (χ0n) is 17.4. The van der Waals surface area contributed by atoms with E-state index in [-0.39, 0.29) is 29.7 Å². The third-order valence-corrected chi connectivity index (χ3v) is 6.76. The van der Waals surface area contributed by atoms with E-state index in [1.165, 1.54) is 17.0 Å². The number of phenols is 1. The number of fused-ring (bicyclic) bond motifs is 3.